The Morgan fingerprint density at radius 3 is 2.34 bits per heavy atom. The molecule has 2 aromatic rings. The summed E-state index contributed by atoms with van der Waals surface area (Å²) in [6, 6.07) is 10.1. The molecule has 38 heavy (non-hydrogen) atoms. The highest BCUT2D eigenvalue weighted by Crippen LogP contribution is 2.40. The molecular formula is C27H32F4N2O5. The average molecular weight is 541 g/mol. The molecule has 0 bridgehead atoms. The number of ether oxygens (including phenoxy) is 2. The Labute approximate surface area is 218 Å². The Bertz CT molecular complexity index is 1090. The van der Waals surface area contributed by atoms with E-state index in [9.17, 15) is 22.4 Å². The molecule has 1 aliphatic heterocycles. The van der Waals surface area contributed by atoms with E-state index in [1.54, 1.807) is 0 Å². The largest absolute Gasteiger partial charge is 0.483 e. The number of hydrogen-bond donors (Lipinski definition) is 3. The van der Waals surface area contributed by atoms with Crippen molar-refractivity contribution in [2.75, 3.05) is 37.5 Å². The maximum absolute atomic E-state index is 14.3. The van der Waals surface area contributed by atoms with E-state index in [0.717, 1.165) is 29.8 Å². The van der Waals surface area contributed by atoms with Gasteiger partial charge in [-0.25, -0.2) is 4.39 Å². The molecule has 0 radical (unpaired) electrons. The Morgan fingerprint density at radius 2 is 1.82 bits per heavy atom. The van der Waals surface area contributed by atoms with Crippen molar-refractivity contribution < 1.29 is 41.7 Å². The molecule has 3 atom stereocenters. The van der Waals surface area contributed by atoms with E-state index in [1.807, 2.05) is 31.3 Å². The van der Waals surface area contributed by atoms with Gasteiger partial charge in [-0.1, -0.05) is 19.1 Å². The second kappa shape index (κ2) is 12.6. The molecule has 1 saturated heterocycles. The zero-order valence-electron chi connectivity index (χ0n) is 21.2. The number of alkyl halides is 3. The molecule has 1 heterocycles. The number of carbonyl (C=O) groups is 2. The van der Waals surface area contributed by atoms with Crippen molar-refractivity contribution in [2.45, 2.75) is 44.4 Å². The van der Waals surface area contributed by atoms with Gasteiger partial charge in [-0.15, -0.1) is 0 Å². The van der Waals surface area contributed by atoms with Gasteiger partial charge < -0.3 is 25.2 Å². The van der Waals surface area contributed by atoms with Gasteiger partial charge in [-0.3, -0.25) is 9.59 Å². The predicted octanol–water partition coefficient (Wildman–Crippen LogP) is 5.53. The minimum atomic E-state index is -4.66. The lowest BCUT2D eigenvalue weighted by Gasteiger charge is -2.41. The highest BCUT2D eigenvalue weighted by Gasteiger charge is 2.38. The summed E-state index contributed by atoms with van der Waals surface area (Å²) >= 11 is 0. The van der Waals surface area contributed by atoms with Crippen LogP contribution in [0.3, 0.4) is 0 Å². The van der Waals surface area contributed by atoms with Gasteiger partial charge in [0.15, 0.2) is 0 Å². The van der Waals surface area contributed by atoms with Crippen molar-refractivity contribution in [3.05, 3.63) is 59.4 Å². The van der Waals surface area contributed by atoms with Crippen LogP contribution in [0.2, 0.25) is 0 Å². The number of halogens is 4. The van der Waals surface area contributed by atoms with Crippen molar-refractivity contribution in [1.29, 1.82) is 0 Å². The van der Waals surface area contributed by atoms with E-state index >= 15 is 0 Å². The summed E-state index contributed by atoms with van der Waals surface area (Å²) in [5.41, 5.74) is 0.650. The minimum absolute atomic E-state index is 0.0392. The Morgan fingerprint density at radius 1 is 1.16 bits per heavy atom. The zero-order valence-corrected chi connectivity index (χ0v) is 21.2. The third kappa shape index (κ3) is 7.67. The van der Waals surface area contributed by atoms with Gasteiger partial charge in [0.05, 0.1) is 37.2 Å². The van der Waals surface area contributed by atoms with Crippen LogP contribution in [0.1, 0.15) is 43.2 Å². The first-order valence-electron chi connectivity index (χ1n) is 12.2. The molecule has 2 fully saturated rings. The van der Waals surface area contributed by atoms with Crippen molar-refractivity contribution in [1.82, 2.24) is 0 Å². The Hall–Kier alpha value is -3.18. The van der Waals surface area contributed by atoms with Gasteiger partial charge in [0, 0.05) is 24.1 Å². The Kier molecular flexibility index (Phi) is 9.72. The quantitative estimate of drug-likeness (QED) is 0.316. The van der Waals surface area contributed by atoms with Crippen LogP contribution in [0, 0.1) is 17.2 Å². The molecule has 7 nitrogen and oxygen atoms in total. The SMILES string of the molecule is CNc1ccc(C2CC(OCC3(C)COC3)CC(C(=O)Nc3ccc(C(F)(F)F)cc3F)C2)cc1.O=CO. The van der Waals surface area contributed by atoms with Crippen molar-refractivity contribution in [3.63, 3.8) is 0 Å². The number of nitrogens with one attached hydrogen (secondary N) is 2. The molecule has 0 aromatic heterocycles. The summed E-state index contributed by atoms with van der Waals surface area (Å²) in [7, 11) is 1.84. The van der Waals surface area contributed by atoms with E-state index in [2.05, 4.69) is 17.6 Å². The van der Waals surface area contributed by atoms with Gasteiger partial charge in [-0.05, 0) is 61.1 Å². The lowest BCUT2D eigenvalue weighted by Crippen LogP contribution is -2.45. The fourth-order valence-corrected chi connectivity index (χ4v) is 4.69. The van der Waals surface area contributed by atoms with Gasteiger partial charge in [0.2, 0.25) is 5.91 Å². The molecule has 2 aliphatic rings. The van der Waals surface area contributed by atoms with Crippen LogP contribution in [-0.2, 0) is 25.2 Å². The molecule has 208 valence electrons. The molecule has 4 rings (SSSR count). The first kappa shape index (κ1) is 29.4. The lowest BCUT2D eigenvalue weighted by molar-refractivity contribution is -0.155. The molecule has 0 spiro atoms. The number of carboxylic acid groups (broad SMARTS) is 1. The average Bonchev–Trinajstić information content (AvgIpc) is 2.87. The highest BCUT2D eigenvalue weighted by molar-refractivity contribution is 5.92. The molecule has 1 amide bonds. The number of rotatable bonds is 7. The third-order valence-corrected chi connectivity index (χ3v) is 6.83. The van der Waals surface area contributed by atoms with Crippen LogP contribution >= 0.6 is 0 Å². The van der Waals surface area contributed by atoms with Crippen LogP contribution in [0.25, 0.3) is 0 Å². The molecule has 11 heteroatoms. The van der Waals surface area contributed by atoms with E-state index in [0.29, 0.717) is 38.7 Å². The van der Waals surface area contributed by atoms with Crippen molar-refractivity contribution in [3.8, 4) is 0 Å². The molecule has 1 aliphatic carbocycles. The van der Waals surface area contributed by atoms with E-state index in [4.69, 9.17) is 19.4 Å². The molecular weight excluding hydrogens is 508 g/mol. The molecule has 3 N–H and O–H groups in total. The zero-order chi connectivity index (χ0) is 27.9. The van der Waals surface area contributed by atoms with Crippen molar-refractivity contribution >= 4 is 23.8 Å². The lowest BCUT2D eigenvalue weighted by atomic mass is 9.76. The van der Waals surface area contributed by atoms with Gasteiger partial charge >= 0.3 is 6.18 Å². The Balaban J connectivity index is 0.00000127. The summed E-state index contributed by atoms with van der Waals surface area (Å²) in [5, 5.41) is 12.5. The van der Waals surface area contributed by atoms with Crippen LogP contribution in [0.15, 0.2) is 42.5 Å². The summed E-state index contributed by atoms with van der Waals surface area (Å²) in [6.07, 6.45) is -3.10. The second-order valence-corrected chi connectivity index (χ2v) is 10.00. The third-order valence-electron chi connectivity index (χ3n) is 6.83. The second-order valence-electron chi connectivity index (χ2n) is 10.00. The van der Waals surface area contributed by atoms with Gasteiger partial charge in [0.1, 0.15) is 5.82 Å². The topological polar surface area (TPSA) is 96.9 Å². The summed E-state index contributed by atoms with van der Waals surface area (Å²) in [5.74, 6) is -1.96. The summed E-state index contributed by atoms with van der Waals surface area (Å²) < 4.78 is 64.4. The van der Waals surface area contributed by atoms with Crippen LogP contribution in [0.4, 0.5) is 28.9 Å². The first-order chi connectivity index (χ1) is 18.0. The number of hydrogen-bond acceptors (Lipinski definition) is 5. The summed E-state index contributed by atoms with van der Waals surface area (Å²) in [4.78, 5) is 21.5. The number of anilines is 2. The highest BCUT2D eigenvalue weighted by atomic mass is 19.4. The van der Waals surface area contributed by atoms with Gasteiger partial charge in [0.25, 0.3) is 6.47 Å². The normalized spacial score (nSPS) is 22.3. The number of benzene rings is 2. The smallest absolute Gasteiger partial charge is 0.416 e. The van der Waals surface area contributed by atoms with Crippen LogP contribution < -0.4 is 10.6 Å². The maximum atomic E-state index is 14.3. The fourth-order valence-electron chi connectivity index (χ4n) is 4.69. The fraction of sp³-hybridized carbons (Fsp3) is 0.481. The predicted molar refractivity (Wildman–Crippen MR) is 133 cm³/mol. The molecule has 3 unspecified atom stereocenters. The van der Waals surface area contributed by atoms with Gasteiger partial charge in [-0.2, -0.15) is 13.2 Å². The van der Waals surface area contributed by atoms with Crippen molar-refractivity contribution in [2.24, 2.45) is 11.3 Å². The standard InChI is InChI=1S/C26H30F4N2O3.CH2O2/c1-25(13-34-14-25)15-35-21-10-17(16-3-6-20(31-2)7-4-16)9-18(11-21)24(33)32-23-8-5-19(12-22(23)27)26(28,29)30;2-1-3/h3-8,12,17-18,21,31H,9-11,13-15H2,1-2H3,(H,32,33);1H,(H,2,3). The van der Waals surface area contributed by atoms with E-state index in [-0.39, 0.29) is 29.6 Å². The van der Waals surface area contributed by atoms with E-state index in [1.165, 1.54) is 0 Å². The van der Waals surface area contributed by atoms with Crippen LogP contribution in [0.5, 0.6) is 0 Å². The molecule has 2 aromatic carbocycles. The number of amides is 1. The summed E-state index contributed by atoms with van der Waals surface area (Å²) in [6.45, 7) is 3.62. The first-order valence-corrected chi connectivity index (χ1v) is 12.2. The minimum Gasteiger partial charge on any atom is -0.483 e. The van der Waals surface area contributed by atoms with E-state index < -0.39 is 29.4 Å². The van der Waals surface area contributed by atoms with Crippen LogP contribution in [-0.4, -0.2) is 50.5 Å². The number of carbonyl (C=O) groups excluding carboxylic acids is 1. The maximum Gasteiger partial charge on any atom is 0.416 e. The monoisotopic (exact) mass is 540 g/mol. The molecule has 1 saturated carbocycles.